The Bertz CT molecular complexity index is 443. The second kappa shape index (κ2) is 6.43. The van der Waals surface area contributed by atoms with Crippen molar-refractivity contribution >= 4 is 5.91 Å². The molecule has 1 rings (SSSR count). The number of amides is 1. The van der Waals surface area contributed by atoms with E-state index in [0.29, 0.717) is 13.2 Å². The Morgan fingerprint density at radius 1 is 1.37 bits per heavy atom. The van der Waals surface area contributed by atoms with Crippen molar-refractivity contribution in [2.75, 3.05) is 20.3 Å². The number of carbonyl (C=O) groups excluding carboxylic acids is 1. The number of ether oxygens (including phenoxy) is 1. The molecule has 0 saturated carbocycles. The molecule has 1 amide bonds. The average molecular weight is 267 g/mol. The maximum atomic E-state index is 11.9. The molecule has 0 atom stereocenters. The van der Waals surface area contributed by atoms with Gasteiger partial charge < -0.3 is 20.3 Å². The van der Waals surface area contributed by atoms with Crippen LogP contribution in [-0.2, 0) is 4.74 Å². The Hall–Kier alpha value is -1.75. The zero-order valence-electron chi connectivity index (χ0n) is 11.6. The summed E-state index contributed by atoms with van der Waals surface area (Å²) in [5.74, 6) is -0.662. The fraction of sp³-hybridized carbons (Fsp3) is 0.500. The standard InChI is InChI=1S/C14H21NO4/c1-14(2,6-7-19-3)9-15-13(18)11-5-4-10(16)8-12(11)17/h4-5,8,16-17H,6-7,9H2,1-3H3,(H,15,18). The predicted molar refractivity (Wildman–Crippen MR) is 72.4 cm³/mol. The van der Waals surface area contributed by atoms with Crippen molar-refractivity contribution in [3.63, 3.8) is 0 Å². The smallest absolute Gasteiger partial charge is 0.255 e. The van der Waals surface area contributed by atoms with Gasteiger partial charge in [-0.2, -0.15) is 0 Å². The van der Waals surface area contributed by atoms with Gasteiger partial charge in [-0.05, 0) is 24.0 Å². The quantitative estimate of drug-likeness (QED) is 0.735. The summed E-state index contributed by atoms with van der Waals surface area (Å²) in [4.78, 5) is 11.9. The second-order valence-electron chi connectivity index (χ2n) is 5.29. The lowest BCUT2D eigenvalue weighted by molar-refractivity contribution is 0.0918. The minimum absolute atomic E-state index is 0.0746. The molecule has 1 aromatic rings. The molecule has 106 valence electrons. The third kappa shape index (κ3) is 4.79. The number of hydrogen-bond donors (Lipinski definition) is 3. The molecule has 0 aliphatic rings. The van der Waals surface area contributed by atoms with Crippen LogP contribution in [0.25, 0.3) is 0 Å². The van der Waals surface area contributed by atoms with E-state index in [1.165, 1.54) is 12.1 Å². The van der Waals surface area contributed by atoms with Crippen LogP contribution in [-0.4, -0.2) is 36.4 Å². The molecule has 5 nitrogen and oxygen atoms in total. The highest BCUT2D eigenvalue weighted by molar-refractivity contribution is 5.97. The normalized spacial score (nSPS) is 11.3. The molecule has 0 fully saturated rings. The summed E-state index contributed by atoms with van der Waals surface area (Å²) >= 11 is 0. The van der Waals surface area contributed by atoms with Gasteiger partial charge in [0.1, 0.15) is 11.5 Å². The fourth-order valence-electron chi connectivity index (χ4n) is 1.59. The molecule has 0 unspecified atom stereocenters. The Kier molecular flexibility index (Phi) is 5.18. The van der Waals surface area contributed by atoms with Crippen molar-refractivity contribution in [2.45, 2.75) is 20.3 Å². The topological polar surface area (TPSA) is 78.8 Å². The van der Waals surface area contributed by atoms with Crippen molar-refractivity contribution in [3.8, 4) is 11.5 Å². The van der Waals surface area contributed by atoms with Crippen LogP contribution in [0.1, 0.15) is 30.6 Å². The molecule has 0 spiro atoms. The molecule has 0 aliphatic heterocycles. The number of phenols is 2. The van der Waals surface area contributed by atoms with Crippen LogP contribution in [0.4, 0.5) is 0 Å². The van der Waals surface area contributed by atoms with E-state index in [9.17, 15) is 9.90 Å². The van der Waals surface area contributed by atoms with E-state index in [0.717, 1.165) is 12.5 Å². The van der Waals surface area contributed by atoms with Gasteiger partial charge in [-0.15, -0.1) is 0 Å². The molecule has 0 aromatic heterocycles. The van der Waals surface area contributed by atoms with Crippen LogP contribution in [0.3, 0.4) is 0 Å². The summed E-state index contributed by atoms with van der Waals surface area (Å²) in [6.45, 7) is 5.18. The number of phenolic OH excluding ortho intramolecular Hbond substituents is 2. The van der Waals surface area contributed by atoms with Crippen molar-refractivity contribution in [1.82, 2.24) is 5.32 Å². The maximum Gasteiger partial charge on any atom is 0.255 e. The van der Waals surface area contributed by atoms with Gasteiger partial charge in [-0.1, -0.05) is 13.8 Å². The first-order valence-corrected chi connectivity index (χ1v) is 6.15. The van der Waals surface area contributed by atoms with E-state index in [1.54, 1.807) is 7.11 Å². The first kappa shape index (κ1) is 15.3. The van der Waals surface area contributed by atoms with Crippen LogP contribution < -0.4 is 5.32 Å². The minimum atomic E-state index is -0.358. The lowest BCUT2D eigenvalue weighted by Crippen LogP contribution is -2.34. The molecule has 0 heterocycles. The SMILES string of the molecule is COCCC(C)(C)CNC(=O)c1ccc(O)cc1O. The lowest BCUT2D eigenvalue weighted by atomic mass is 9.89. The van der Waals surface area contributed by atoms with Crippen LogP contribution in [0.2, 0.25) is 0 Å². The number of hydrogen-bond acceptors (Lipinski definition) is 4. The third-order valence-corrected chi connectivity index (χ3v) is 2.94. The Morgan fingerprint density at radius 3 is 2.63 bits per heavy atom. The van der Waals surface area contributed by atoms with Crippen LogP contribution in [0.15, 0.2) is 18.2 Å². The van der Waals surface area contributed by atoms with E-state index < -0.39 is 0 Å². The molecule has 0 bridgehead atoms. The highest BCUT2D eigenvalue weighted by Gasteiger charge is 2.20. The molecule has 3 N–H and O–H groups in total. The maximum absolute atomic E-state index is 11.9. The number of nitrogens with one attached hydrogen (secondary N) is 1. The molecule has 0 saturated heterocycles. The zero-order valence-corrected chi connectivity index (χ0v) is 11.6. The largest absolute Gasteiger partial charge is 0.508 e. The molecular weight excluding hydrogens is 246 g/mol. The number of benzene rings is 1. The van der Waals surface area contributed by atoms with E-state index in [4.69, 9.17) is 9.84 Å². The van der Waals surface area contributed by atoms with Crippen LogP contribution in [0.5, 0.6) is 11.5 Å². The third-order valence-electron chi connectivity index (χ3n) is 2.94. The van der Waals surface area contributed by atoms with Gasteiger partial charge in [0.25, 0.3) is 5.91 Å². The molecule has 0 radical (unpaired) electrons. The van der Waals surface area contributed by atoms with E-state index in [-0.39, 0.29) is 28.4 Å². The number of aromatic hydroxyl groups is 2. The molecular formula is C14H21NO4. The van der Waals surface area contributed by atoms with Crippen molar-refractivity contribution in [1.29, 1.82) is 0 Å². The van der Waals surface area contributed by atoms with Gasteiger partial charge in [-0.3, -0.25) is 4.79 Å². The second-order valence-corrected chi connectivity index (χ2v) is 5.29. The lowest BCUT2D eigenvalue weighted by Gasteiger charge is -2.24. The van der Waals surface area contributed by atoms with Crippen LogP contribution in [0, 0.1) is 5.41 Å². The molecule has 5 heteroatoms. The average Bonchev–Trinajstić information content (AvgIpc) is 2.34. The van der Waals surface area contributed by atoms with Gasteiger partial charge in [-0.25, -0.2) is 0 Å². The van der Waals surface area contributed by atoms with Gasteiger partial charge in [0.2, 0.25) is 0 Å². The van der Waals surface area contributed by atoms with E-state index >= 15 is 0 Å². The highest BCUT2D eigenvalue weighted by atomic mass is 16.5. The molecule has 19 heavy (non-hydrogen) atoms. The first-order valence-electron chi connectivity index (χ1n) is 6.15. The summed E-state index contributed by atoms with van der Waals surface area (Å²) in [5, 5.41) is 21.5. The monoisotopic (exact) mass is 267 g/mol. The summed E-state index contributed by atoms with van der Waals surface area (Å²) < 4.78 is 5.02. The van der Waals surface area contributed by atoms with Gasteiger partial charge >= 0.3 is 0 Å². The van der Waals surface area contributed by atoms with Gasteiger partial charge in [0.05, 0.1) is 5.56 Å². The summed E-state index contributed by atoms with van der Waals surface area (Å²) in [5.41, 5.74) is 0.0680. The Labute approximate surface area is 113 Å². The summed E-state index contributed by atoms with van der Waals surface area (Å²) in [6, 6.07) is 3.90. The van der Waals surface area contributed by atoms with Gasteiger partial charge in [0, 0.05) is 26.3 Å². The predicted octanol–water partition coefficient (Wildman–Crippen LogP) is 1.89. The van der Waals surface area contributed by atoms with Gasteiger partial charge in [0.15, 0.2) is 0 Å². The Balaban J connectivity index is 2.60. The first-order chi connectivity index (χ1) is 8.85. The van der Waals surface area contributed by atoms with Crippen molar-refractivity contribution < 1.29 is 19.7 Å². The summed E-state index contributed by atoms with van der Waals surface area (Å²) in [6.07, 6.45) is 0.825. The Morgan fingerprint density at radius 2 is 2.05 bits per heavy atom. The van der Waals surface area contributed by atoms with E-state index in [1.807, 2.05) is 13.8 Å². The van der Waals surface area contributed by atoms with Crippen LogP contribution >= 0.6 is 0 Å². The van der Waals surface area contributed by atoms with Crippen molar-refractivity contribution in [3.05, 3.63) is 23.8 Å². The van der Waals surface area contributed by atoms with E-state index in [2.05, 4.69) is 5.32 Å². The fourth-order valence-corrected chi connectivity index (χ4v) is 1.59. The molecule has 0 aliphatic carbocycles. The van der Waals surface area contributed by atoms with Crippen molar-refractivity contribution in [2.24, 2.45) is 5.41 Å². The zero-order chi connectivity index (χ0) is 14.5. The number of methoxy groups -OCH3 is 1. The highest BCUT2D eigenvalue weighted by Crippen LogP contribution is 2.23. The number of carbonyl (C=O) groups is 1. The number of rotatable bonds is 6. The minimum Gasteiger partial charge on any atom is -0.508 e. The molecule has 1 aromatic carbocycles. The summed E-state index contributed by atoms with van der Waals surface area (Å²) in [7, 11) is 1.64.